The molecule has 0 aliphatic rings. The van der Waals surface area contributed by atoms with Gasteiger partial charge in [0.1, 0.15) is 0 Å². The summed E-state index contributed by atoms with van der Waals surface area (Å²) in [6.45, 7) is 0. The third kappa shape index (κ3) is 3.75. The lowest BCUT2D eigenvalue weighted by Crippen LogP contribution is -2.12. The maximum atomic E-state index is 12.1. The van der Waals surface area contributed by atoms with Gasteiger partial charge in [-0.3, -0.25) is 4.79 Å². The highest BCUT2D eigenvalue weighted by atomic mass is 32.2. The maximum absolute atomic E-state index is 12.1. The number of carbonyl (C=O) groups is 1. The molecule has 1 heterocycles. The number of rotatable bonds is 4. The van der Waals surface area contributed by atoms with Crippen molar-refractivity contribution in [1.29, 1.82) is 0 Å². The predicted molar refractivity (Wildman–Crippen MR) is 82.2 cm³/mol. The zero-order valence-corrected chi connectivity index (χ0v) is 12.3. The van der Waals surface area contributed by atoms with Crippen LogP contribution in [0.4, 0.5) is 5.69 Å². The summed E-state index contributed by atoms with van der Waals surface area (Å²) >= 11 is 3.19. The maximum Gasteiger partial charge on any atom is 0.255 e. The predicted octanol–water partition coefficient (Wildman–Crippen LogP) is 3.78. The molecule has 2 rings (SSSR count). The topological polar surface area (TPSA) is 42.0 Å². The number of aromatic nitrogens is 1. The SMILES string of the molecule is CSc1ccc(NC(=O)c2ccnc(SC)c2)cc1. The third-order valence-electron chi connectivity index (χ3n) is 2.55. The van der Waals surface area contributed by atoms with Crippen LogP contribution in [0, 0.1) is 0 Å². The lowest BCUT2D eigenvalue weighted by atomic mass is 10.2. The summed E-state index contributed by atoms with van der Waals surface area (Å²) in [6, 6.07) is 11.3. The fourth-order valence-corrected chi connectivity index (χ4v) is 2.36. The van der Waals surface area contributed by atoms with Crippen molar-refractivity contribution in [2.24, 2.45) is 0 Å². The number of anilines is 1. The van der Waals surface area contributed by atoms with E-state index in [0.717, 1.165) is 10.7 Å². The van der Waals surface area contributed by atoms with Gasteiger partial charge in [-0.15, -0.1) is 23.5 Å². The Balaban J connectivity index is 2.11. The normalized spacial score (nSPS) is 10.2. The highest BCUT2D eigenvalue weighted by molar-refractivity contribution is 7.98. The minimum atomic E-state index is -0.116. The van der Waals surface area contributed by atoms with Crippen LogP contribution in [0.25, 0.3) is 0 Å². The van der Waals surface area contributed by atoms with Gasteiger partial charge in [0.05, 0.1) is 5.03 Å². The van der Waals surface area contributed by atoms with Crippen molar-refractivity contribution in [3.63, 3.8) is 0 Å². The van der Waals surface area contributed by atoms with Crippen LogP contribution in [-0.2, 0) is 0 Å². The highest BCUT2D eigenvalue weighted by Crippen LogP contribution is 2.18. The summed E-state index contributed by atoms with van der Waals surface area (Å²) in [5.74, 6) is -0.116. The first-order valence-corrected chi connectivity index (χ1v) is 8.13. The molecule has 19 heavy (non-hydrogen) atoms. The molecule has 0 aliphatic carbocycles. The van der Waals surface area contributed by atoms with Crippen LogP contribution in [0.5, 0.6) is 0 Å². The van der Waals surface area contributed by atoms with Gasteiger partial charge in [-0.25, -0.2) is 4.98 Å². The third-order valence-corrected chi connectivity index (χ3v) is 3.94. The zero-order chi connectivity index (χ0) is 13.7. The molecule has 1 N–H and O–H groups in total. The van der Waals surface area contributed by atoms with Crippen molar-refractivity contribution in [1.82, 2.24) is 4.98 Å². The molecule has 2 aromatic rings. The van der Waals surface area contributed by atoms with Crippen molar-refractivity contribution >= 4 is 35.1 Å². The van der Waals surface area contributed by atoms with Gasteiger partial charge in [0.2, 0.25) is 0 Å². The van der Waals surface area contributed by atoms with Crippen molar-refractivity contribution in [2.45, 2.75) is 9.92 Å². The van der Waals surface area contributed by atoms with E-state index in [0.29, 0.717) is 5.56 Å². The number of amides is 1. The summed E-state index contributed by atoms with van der Waals surface area (Å²) in [5, 5.41) is 3.71. The Morgan fingerprint density at radius 1 is 1.11 bits per heavy atom. The van der Waals surface area contributed by atoms with Crippen LogP contribution in [0.2, 0.25) is 0 Å². The largest absolute Gasteiger partial charge is 0.322 e. The van der Waals surface area contributed by atoms with Gasteiger partial charge in [-0.05, 0) is 48.9 Å². The quantitative estimate of drug-likeness (QED) is 0.870. The number of benzene rings is 1. The molecule has 0 unspecified atom stereocenters. The number of nitrogens with one attached hydrogen (secondary N) is 1. The molecule has 1 amide bonds. The van der Waals surface area contributed by atoms with Gasteiger partial charge in [0.15, 0.2) is 0 Å². The standard InChI is InChI=1S/C14H14N2OS2/c1-18-12-5-3-11(4-6-12)16-14(17)10-7-8-15-13(9-10)19-2/h3-9H,1-2H3,(H,16,17). The number of hydrogen-bond acceptors (Lipinski definition) is 4. The Hall–Kier alpha value is -1.46. The number of pyridine rings is 1. The van der Waals surface area contributed by atoms with Crippen LogP contribution in [0.3, 0.4) is 0 Å². The first kappa shape index (κ1) is 14.0. The van der Waals surface area contributed by atoms with Crippen molar-refractivity contribution in [3.8, 4) is 0 Å². The van der Waals surface area contributed by atoms with Crippen LogP contribution >= 0.6 is 23.5 Å². The number of thioether (sulfide) groups is 2. The fourth-order valence-electron chi connectivity index (χ4n) is 1.54. The summed E-state index contributed by atoms with van der Waals surface area (Å²) in [4.78, 5) is 17.4. The van der Waals surface area contributed by atoms with Crippen LogP contribution in [0.15, 0.2) is 52.5 Å². The molecule has 0 atom stereocenters. The van der Waals surface area contributed by atoms with Crippen LogP contribution in [-0.4, -0.2) is 23.4 Å². The summed E-state index contributed by atoms with van der Waals surface area (Å²) < 4.78 is 0. The van der Waals surface area contributed by atoms with Crippen LogP contribution < -0.4 is 5.32 Å². The van der Waals surface area contributed by atoms with Gasteiger partial charge in [0.25, 0.3) is 5.91 Å². The van der Waals surface area contributed by atoms with Crippen molar-refractivity contribution < 1.29 is 4.79 Å². The van der Waals surface area contributed by atoms with E-state index in [-0.39, 0.29) is 5.91 Å². The molecule has 1 aromatic carbocycles. The summed E-state index contributed by atoms with van der Waals surface area (Å²) in [7, 11) is 0. The second kappa shape index (κ2) is 6.63. The summed E-state index contributed by atoms with van der Waals surface area (Å²) in [6.07, 6.45) is 5.61. The smallest absolute Gasteiger partial charge is 0.255 e. The van der Waals surface area contributed by atoms with Gasteiger partial charge in [-0.1, -0.05) is 0 Å². The molecule has 0 saturated heterocycles. The van der Waals surface area contributed by atoms with E-state index in [2.05, 4.69) is 10.3 Å². The molecular weight excluding hydrogens is 276 g/mol. The first-order chi connectivity index (χ1) is 9.22. The lowest BCUT2D eigenvalue weighted by molar-refractivity contribution is 0.102. The highest BCUT2D eigenvalue weighted by Gasteiger charge is 2.07. The molecule has 98 valence electrons. The Labute approximate surface area is 121 Å². The Morgan fingerprint density at radius 2 is 1.84 bits per heavy atom. The number of hydrogen-bond donors (Lipinski definition) is 1. The molecule has 5 heteroatoms. The van der Waals surface area contributed by atoms with Gasteiger partial charge < -0.3 is 5.32 Å². The van der Waals surface area contributed by atoms with Crippen molar-refractivity contribution in [2.75, 3.05) is 17.8 Å². The second-order valence-corrected chi connectivity index (χ2v) is 5.48. The van der Waals surface area contributed by atoms with E-state index in [9.17, 15) is 4.79 Å². The number of carbonyl (C=O) groups excluding carboxylic acids is 1. The first-order valence-electron chi connectivity index (χ1n) is 5.68. The van der Waals surface area contributed by atoms with Gasteiger partial charge in [0, 0.05) is 22.3 Å². The Morgan fingerprint density at radius 3 is 2.47 bits per heavy atom. The molecule has 0 saturated carbocycles. The second-order valence-electron chi connectivity index (χ2n) is 3.77. The Bertz CT molecular complexity index is 570. The average molecular weight is 290 g/mol. The molecule has 1 aromatic heterocycles. The molecule has 0 aliphatic heterocycles. The number of nitrogens with zero attached hydrogens (tertiary/aromatic N) is 1. The minimum Gasteiger partial charge on any atom is -0.322 e. The molecule has 0 fully saturated rings. The van der Waals surface area contributed by atoms with Crippen LogP contribution in [0.1, 0.15) is 10.4 Å². The molecular formula is C14H14N2OS2. The lowest BCUT2D eigenvalue weighted by Gasteiger charge is -2.06. The fraction of sp³-hybridized carbons (Fsp3) is 0.143. The zero-order valence-electron chi connectivity index (χ0n) is 10.7. The van der Waals surface area contributed by atoms with E-state index in [1.807, 2.05) is 36.8 Å². The van der Waals surface area contributed by atoms with E-state index in [1.165, 1.54) is 16.7 Å². The average Bonchev–Trinajstić information content (AvgIpc) is 2.48. The van der Waals surface area contributed by atoms with E-state index in [1.54, 1.807) is 30.1 Å². The molecule has 0 bridgehead atoms. The van der Waals surface area contributed by atoms with E-state index in [4.69, 9.17) is 0 Å². The Kier molecular flexibility index (Phi) is 4.87. The monoisotopic (exact) mass is 290 g/mol. The molecule has 0 spiro atoms. The van der Waals surface area contributed by atoms with Gasteiger partial charge >= 0.3 is 0 Å². The van der Waals surface area contributed by atoms with Gasteiger partial charge in [-0.2, -0.15) is 0 Å². The van der Waals surface area contributed by atoms with Crippen molar-refractivity contribution in [3.05, 3.63) is 48.2 Å². The molecule has 3 nitrogen and oxygen atoms in total. The molecule has 0 radical (unpaired) electrons. The van der Waals surface area contributed by atoms with E-state index < -0.39 is 0 Å². The minimum absolute atomic E-state index is 0.116. The summed E-state index contributed by atoms with van der Waals surface area (Å²) in [5.41, 5.74) is 1.42. The van der Waals surface area contributed by atoms with E-state index >= 15 is 0 Å².